The second-order valence-corrected chi connectivity index (χ2v) is 4.53. The third-order valence-electron chi connectivity index (χ3n) is 2.95. The summed E-state index contributed by atoms with van der Waals surface area (Å²) in [5, 5.41) is 17.1. The number of amidine groups is 1. The minimum Gasteiger partial charge on any atom is -0.343 e. The molecule has 0 fully saturated rings. The molecule has 0 aromatic carbocycles. The van der Waals surface area contributed by atoms with Crippen LogP contribution in [0.4, 0.5) is 18.9 Å². The summed E-state index contributed by atoms with van der Waals surface area (Å²) in [5.74, 6) is -0.111. The Bertz CT molecular complexity index is 706. The normalized spacial score (nSPS) is 17.7. The Labute approximate surface area is 128 Å². The molecule has 0 saturated heterocycles. The van der Waals surface area contributed by atoms with Gasteiger partial charge in [-0.1, -0.05) is 5.16 Å². The molecule has 2 aromatic rings. The van der Waals surface area contributed by atoms with Gasteiger partial charge < -0.3 is 10.2 Å². The number of oxime groups is 1. The SMILES string of the molecule is ON1C(c2ccc(C(F)(F)F)cn2)=NOC1Nc1cccnc1. The maximum atomic E-state index is 12.5. The quantitative estimate of drug-likeness (QED) is 0.901. The second kappa shape index (κ2) is 5.72. The Balaban J connectivity index is 1.72. The highest BCUT2D eigenvalue weighted by Crippen LogP contribution is 2.28. The molecular weight excluding hydrogens is 315 g/mol. The fourth-order valence-corrected chi connectivity index (χ4v) is 1.83. The van der Waals surface area contributed by atoms with Gasteiger partial charge in [0.25, 0.3) is 6.35 Å². The molecule has 3 rings (SSSR count). The van der Waals surface area contributed by atoms with Crippen LogP contribution < -0.4 is 5.32 Å². The van der Waals surface area contributed by atoms with Gasteiger partial charge in [-0.25, -0.2) is 0 Å². The van der Waals surface area contributed by atoms with Crippen LogP contribution in [0.5, 0.6) is 0 Å². The first kappa shape index (κ1) is 15.0. The molecule has 0 amide bonds. The third-order valence-corrected chi connectivity index (χ3v) is 2.95. The van der Waals surface area contributed by atoms with E-state index >= 15 is 0 Å². The Kier molecular flexibility index (Phi) is 3.74. The van der Waals surface area contributed by atoms with Crippen LogP contribution in [0.25, 0.3) is 0 Å². The van der Waals surface area contributed by atoms with E-state index in [1.165, 1.54) is 6.20 Å². The van der Waals surface area contributed by atoms with Crippen molar-refractivity contribution in [3.05, 3.63) is 54.1 Å². The van der Waals surface area contributed by atoms with E-state index in [1.807, 2.05) is 0 Å². The average Bonchev–Trinajstić information content (AvgIpc) is 2.89. The first-order valence-corrected chi connectivity index (χ1v) is 6.37. The van der Waals surface area contributed by atoms with Crippen molar-refractivity contribution in [1.82, 2.24) is 15.0 Å². The van der Waals surface area contributed by atoms with Crippen LogP contribution in [0, 0.1) is 0 Å². The predicted molar refractivity (Wildman–Crippen MR) is 72.1 cm³/mol. The summed E-state index contributed by atoms with van der Waals surface area (Å²) < 4.78 is 37.5. The average molecular weight is 325 g/mol. The standard InChI is InChI=1S/C13H10F3N5O2/c14-13(15,16)8-3-4-10(18-6-8)11-20-23-12(21(11)22)19-9-2-1-5-17-7-9/h1-7,12,19,22H. The highest BCUT2D eigenvalue weighted by atomic mass is 19.4. The molecule has 2 aromatic heterocycles. The van der Waals surface area contributed by atoms with Crippen LogP contribution in [-0.2, 0) is 11.0 Å². The lowest BCUT2D eigenvalue weighted by atomic mass is 10.2. The predicted octanol–water partition coefficient (Wildman–Crippen LogP) is 2.27. The van der Waals surface area contributed by atoms with Gasteiger partial charge in [-0.2, -0.15) is 18.2 Å². The lowest BCUT2D eigenvalue weighted by molar-refractivity contribution is -0.137. The molecule has 1 aliphatic rings. The molecule has 0 saturated carbocycles. The van der Waals surface area contributed by atoms with E-state index in [0.717, 1.165) is 12.1 Å². The van der Waals surface area contributed by atoms with E-state index in [4.69, 9.17) is 4.84 Å². The number of pyridine rings is 2. The van der Waals surface area contributed by atoms with Crippen LogP contribution in [0.2, 0.25) is 0 Å². The number of anilines is 1. The van der Waals surface area contributed by atoms with Crippen LogP contribution in [0.3, 0.4) is 0 Å². The maximum absolute atomic E-state index is 12.5. The summed E-state index contributed by atoms with van der Waals surface area (Å²) >= 11 is 0. The van der Waals surface area contributed by atoms with Gasteiger partial charge in [0.2, 0.25) is 5.84 Å². The molecule has 1 atom stereocenters. The van der Waals surface area contributed by atoms with E-state index in [9.17, 15) is 18.4 Å². The van der Waals surface area contributed by atoms with Crippen molar-refractivity contribution in [2.75, 3.05) is 5.32 Å². The van der Waals surface area contributed by atoms with Crippen LogP contribution in [0.15, 0.2) is 48.0 Å². The second-order valence-electron chi connectivity index (χ2n) is 4.53. The van der Waals surface area contributed by atoms with Crippen molar-refractivity contribution in [2.45, 2.75) is 12.5 Å². The Hall–Kier alpha value is -2.88. The lowest BCUT2D eigenvalue weighted by Gasteiger charge is -2.19. The molecule has 10 heteroatoms. The monoisotopic (exact) mass is 325 g/mol. The van der Waals surface area contributed by atoms with E-state index in [0.29, 0.717) is 16.9 Å². The highest BCUT2D eigenvalue weighted by Gasteiger charge is 2.33. The molecule has 23 heavy (non-hydrogen) atoms. The van der Waals surface area contributed by atoms with E-state index in [1.54, 1.807) is 18.3 Å². The van der Waals surface area contributed by atoms with Gasteiger partial charge in [0.05, 0.1) is 17.4 Å². The molecule has 2 N–H and O–H groups in total. The maximum Gasteiger partial charge on any atom is 0.417 e. The van der Waals surface area contributed by atoms with E-state index < -0.39 is 18.1 Å². The van der Waals surface area contributed by atoms with Gasteiger partial charge in [0.15, 0.2) is 0 Å². The van der Waals surface area contributed by atoms with E-state index in [-0.39, 0.29) is 11.5 Å². The summed E-state index contributed by atoms with van der Waals surface area (Å²) in [7, 11) is 0. The summed E-state index contributed by atoms with van der Waals surface area (Å²) in [6.07, 6.45) is -1.79. The minimum atomic E-state index is -4.48. The zero-order valence-electron chi connectivity index (χ0n) is 11.4. The summed E-state index contributed by atoms with van der Waals surface area (Å²) in [6.45, 7) is 0. The zero-order valence-corrected chi connectivity index (χ0v) is 11.4. The Morgan fingerprint density at radius 2 is 2.04 bits per heavy atom. The fourth-order valence-electron chi connectivity index (χ4n) is 1.83. The highest BCUT2D eigenvalue weighted by molar-refractivity contribution is 5.96. The van der Waals surface area contributed by atoms with Crippen molar-refractivity contribution in [3.8, 4) is 0 Å². The number of aromatic nitrogens is 2. The molecule has 0 bridgehead atoms. The molecule has 0 radical (unpaired) electrons. The van der Waals surface area contributed by atoms with Gasteiger partial charge in [-0.05, 0) is 24.3 Å². The first-order chi connectivity index (χ1) is 10.9. The van der Waals surface area contributed by atoms with Gasteiger partial charge in [-0.15, -0.1) is 0 Å². The van der Waals surface area contributed by atoms with Gasteiger partial charge in [-0.3, -0.25) is 15.2 Å². The minimum absolute atomic E-state index is 0.0380. The van der Waals surface area contributed by atoms with Gasteiger partial charge in [0, 0.05) is 12.4 Å². The van der Waals surface area contributed by atoms with Crippen LogP contribution in [0.1, 0.15) is 11.3 Å². The van der Waals surface area contributed by atoms with Gasteiger partial charge >= 0.3 is 6.18 Å². The first-order valence-electron chi connectivity index (χ1n) is 6.37. The number of alkyl halides is 3. The lowest BCUT2D eigenvalue weighted by Crippen LogP contribution is -2.39. The molecule has 3 heterocycles. The van der Waals surface area contributed by atoms with Crippen molar-refractivity contribution < 1.29 is 23.2 Å². The Morgan fingerprint density at radius 3 is 2.65 bits per heavy atom. The molecule has 0 aliphatic carbocycles. The summed E-state index contributed by atoms with van der Waals surface area (Å²) in [4.78, 5) is 12.5. The van der Waals surface area contributed by atoms with Crippen molar-refractivity contribution in [3.63, 3.8) is 0 Å². The molecule has 120 valence electrons. The molecule has 1 unspecified atom stereocenters. The number of rotatable bonds is 3. The number of hydroxylamine groups is 2. The van der Waals surface area contributed by atoms with Crippen LogP contribution in [-0.4, -0.2) is 32.4 Å². The van der Waals surface area contributed by atoms with Crippen molar-refractivity contribution in [2.24, 2.45) is 5.16 Å². The van der Waals surface area contributed by atoms with Gasteiger partial charge in [0.1, 0.15) is 5.69 Å². The fraction of sp³-hybridized carbons (Fsp3) is 0.154. The Morgan fingerprint density at radius 1 is 1.22 bits per heavy atom. The molecule has 0 spiro atoms. The molecule has 7 nitrogen and oxygen atoms in total. The number of nitrogens with one attached hydrogen (secondary N) is 1. The number of hydrogen-bond donors (Lipinski definition) is 2. The van der Waals surface area contributed by atoms with Crippen molar-refractivity contribution >= 4 is 11.5 Å². The molecular formula is C13H10F3N5O2. The summed E-state index contributed by atoms with van der Waals surface area (Å²) in [5.41, 5.74) is -0.292. The number of nitrogens with zero attached hydrogens (tertiary/aromatic N) is 4. The van der Waals surface area contributed by atoms with E-state index in [2.05, 4.69) is 20.4 Å². The number of halogens is 3. The number of hydrogen-bond acceptors (Lipinski definition) is 7. The third kappa shape index (κ3) is 3.16. The summed E-state index contributed by atoms with van der Waals surface area (Å²) in [6, 6.07) is 5.32. The smallest absolute Gasteiger partial charge is 0.343 e. The van der Waals surface area contributed by atoms with Crippen LogP contribution >= 0.6 is 0 Å². The topological polar surface area (TPSA) is 82.9 Å². The molecule has 1 aliphatic heterocycles. The van der Waals surface area contributed by atoms with Crippen molar-refractivity contribution in [1.29, 1.82) is 0 Å². The largest absolute Gasteiger partial charge is 0.417 e. The zero-order chi connectivity index (χ0) is 16.4.